The van der Waals surface area contributed by atoms with Crippen LogP contribution in [0.25, 0.3) is 0 Å². The fourth-order valence-electron chi connectivity index (χ4n) is 9.60. The van der Waals surface area contributed by atoms with Crippen molar-refractivity contribution in [2.24, 2.45) is 23.7 Å². The van der Waals surface area contributed by atoms with E-state index in [9.17, 15) is 44.1 Å². The van der Waals surface area contributed by atoms with Crippen molar-refractivity contribution in [2.45, 2.75) is 24.2 Å². The molecule has 4 aromatic rings. The first kappa shape index (κ1) is 39.0. The van der Waals surface area contributed by atoms with Crippen molar-refractivity contribution in [1.82, 2.24) is 5.01 Å². The molecule has 2 heterocycles. The number of nitro benzene ring substituents is 2. The first-order chi connectivity index (χ1) is 28.1. The standard InChI is InChI=1S/C41H34ClFN6O10/c1-45(2)36-31(48(55)56)16-24(17-32(36)49(57)58)46-37(51)27-14-13-26-28(34(27)39(46)53)19-30-38(52)47(44-23-10-8-22(43)9-11-23)40(54)41(30,20-4-6-21(42)7-5-20)35(26)29-18-25(59-3)12-15-33(29)50/h4-13,15-18,27-28,30,34-35,44,50H,14,19H2,1-3H3. The summed E-state index contributed by atoms with van der Waals surface area (Å²) in [6, 6.07) is 17.7. The topological polar surface area (TPSA) is 206 Å². The van der Waals surface area contributed by atoms with Crippen molar-refractivity contribution in [3.63, 3.8) is 0 Å². The maximum Gasteiger partial charge on any atom is 0.301 e. The van der Waals surface area contributed by atoms with Gasteiger partial charge in [0, 0.05) is 42.7 Å². The Morgan fingerprint density at radius 2 is 1.54 bits per heavy atom. The van der Waals surface area contributed by atoms with Gasteiger partial charge in [0.15, 0.2) is 5.69 Å². The third-order valence-corrected chi connectivity index (χ3v) is 12.2. The van der Waals surface area contributed by atoms with Crippen LogP contribution in [0.4, 0.5) is 32.8 Å². The van der Waals surface area contributed by atoms with Crippen LogP contribution in [0.1, 0.15) is 29.9 Å². The largest absolute Gasteiger partial charge is 0.508 e. The van der Waals surface area contributed by atoms with E-state index in [1.807, 2.05) is 0 Å². The van der Waals surface area contributed by atoms with Gasteiger partial charge in [0.25, 0.3) is 11.8 Å². The summed E-state index contributed by atoms with van der Waals surface area (Å²) in [5.41, 5.74) is 0.169. The molecule has 6 atom stereocenters. The van der Waals surface area contributed by atoms with E-state index in [4.69, 9.17) is 16.3 Å². The quantitative estimate of drug-likeness (QED) is 0.0830. The van der Waals surface area contributed by atoms with E-state index in [-0.39, 0.29) is 41.2 Å². The molecular formula is C41H34ClFN6O10. The molecule has 302 valence electrons. The number of hydrogen-bond donors (Lipinski definition) is 2. The van der Waals surface area contributed by atoms with Crippen molar-refractivity contribution in [1.29, 1.82) is 0 Å². The van der Waals surface area contributed by atoms with E-state index in [2.05, 4.69) is 5.43 Å². The molecule has 0 bridgehead atoms. The Kier molecular flexibility index (Phi) is 9.37. The third kappa shape index (κ3) is 5.86. The van der Waals surface area contributed by atoms with E-state index in [0.717, 1.165) is 34.2 Å². The molecule has 2 N–H and O–H groups in total. The second-order valence-electron chi connectivity index (χ2n) is 15.1. The van der Waals surface area contributed by atoms with Gasteiger partial charge in [0.1, 0.15) is 17.3 Å². The number of phenols is 1. The van der Waals surface area contributed by atoms with E-state index in [0.29, 0.717) is 21.9 Å². The maximum atomic E-state index is 15.3. The van der Waals surface area contributed by atoms with Crippen LogP contribution >= 0.6 is 11.6 Å². The number of amides is 4. The molecule has 8 rings (SSSR count). The zero-order valence-electron chi connectivity index (χ0n) is 31.5. The number of benzene rings is 4. The summed E-state index contributed by atoms with van der Waals surface area (Å²) in [5, 5.41) is 37.3. The lowest BCUT2D eigenvalue weighted by molar-refractivity contribution is -0.392. The van der Waals surface area contributed by atoms with Crippen LogP contribution in [0.2, 0.25) is 5.02 Å². The molecule has 0 radical (unpaired) electrons. The molecule has 4 aliphatic rings. The number of imide groups is 2. The molecule has 3 fully saturated rings. The lowest BCUT2D eigenvalue weighted by Gasteiger charge is -2.50. The number of halogens is 2. The number of anilines is 3. The highest BCUT2D eigenvalue weighted by Crippen LogP contribution is 2.65. The molecule has 4 aromatic carbocycles. The van der Waals surface area contributed by atoms with E-state index < -0.39 is 85.7 Å². The predicted octanol–water partition coefficient (Wildman–Crippen LogP) is 6.27. The monoisotopic (exact) mass is 824 g/mol. The summed E-state index contributed by atoms with van der Waals surface area (Å²) >= 11 is 6.34. The number of nitrogens with one attached hydrogen (secondary N) is 1. The zero-order chi connectivity index (χ0) is 42.2. The van der Waals surface area contributed by atoms with E-state index in [1.54, 1.807) is 30.3 Å². The van der Waals surface area contributed by atoms with Gasteiger partial charge >= 0.3 is 11.4 Å². The number of aromatic hydroxyl groups is 1. The van der Waals surface area contributed by atoms with Gasteiger partial charge in [-0.25, -0.2) is 9.29 Å². The Morgan fingerprint density at radius 1 is 0.898 bits per heavy atom. The number of nitrogens with zero attached hydrogens (tertiary/aromatic N) is 5. The van der Waals surface area contributed by atoms with Crippen LogP contribution in [-0.2, 0) is 24.6 Å². The Balaban J connectivity index is 1.32. The van der Waals surface area contributed by atoms with Gasteiger partial charge < -0.3 is 14.7 Å². The molecule has 18 heteroatoms. The van der Waals surface area contributed by atoms with Gasteiger partial charge in [-0.3, -0.25) is 44.8 Å². The van der Waals surface area contributed by atoms with Crippen LogP contribution in [-0.4, -0.2) is 64.8 Å². The summed E-state index contributed by atoms with van der Waals surface area (Å²) in [7, 11) is 4.19. The average molecular weight is 825 g/mol. The Labute approximate surface area is 339 Å². The lowest BCUT2D eigenvalue weighted by Crippen LogP contribution is -2.53. The number of ether oxygens (including phenoxy) is 1. The summed E-state index contributed by atoms with van der Waals surface area (Å²) in [6.45, 7) is 0. The van der Waals surface area contributed by atoms with Crippen LogP contribution < -0.4 is 20.0 Å². The minimum absolute atomic E-state index is 0.0557. The normalized spacial score (nSPS) is 24.6. The molecular weight excluding hydrogens is 791 g/mol. The van der Waals surface area contributed by atoms with Crippen LogP contribution in [0, 0.1) is 49.7 Å². The Morgan fingerprint density at radius 3 is 2.14 bits per heavy atom. The lowest BCUT2D eigenvalue weighted by atomic mass is 9.49. The molecule has 16 nitrogen and oxygen atoms in total. The van der Waals surface area contributed by atoms with Gasteiger partial charge in [-0.15, -0.1) is 0 Å². The second kappa shape index (κ2) is 14.2. The molecule has 0 aromatic heterocycles. The molecule has 2 saturated heterocycles. The van der Waals surface area contributed by atoms with Gasteiger partial charge in [-0.05, 0) is 78.9 Å². The molecule has 59 heavy (non-hydrogen) atoms. The minimum atomic E-state index is -1.80. The molecule has 2 aliphatic carbocycles. The first-order valence-electron chi connectivity index (χ1n) is 18.4. The summed E-state index contributed by atoms with van der Waals surface area (Å²) < 4.78 is 19.5. The highest BCUT2D eigenvalue weighted by atomic mass is 35.5. The zero-order valence-corrected chi connectivity index (χ0v) is 32.3. The minimum Gasteiger partial charge on any atom is -0.508 e. The van der Waals surface area contributed by atoms with Crippen LogP contribution in [0.15, 0.2) is 90.5 Å². The van der Waals surface area contributed by atoms with Crippen molar-refractivity contribution in [2.75, 3.05) is 36.4 Å². The summed E-state index contributed by atoms with van der Waals surface area (Å²) in [6.07, 6.45) is 1.52. The first-order valence-corrected chi connectivity index (χ1v) is 18.7. The van der Waals surface area contributed by atoms with Crippen LogP contribution in [0.3, 0.4) is 0 Å². The highest BCUT2D eigenvalue weighted by molar-refractivity contribution is 6.30. The molecule has 2 aliphatic heterocycles. The number of hydrazine groups is 1. The maximum absolute atomic E-state index is 15.3. The van der Waals surface area contributed by atoms with Gasteiger partial charge in [0.2, 0.25) is 11.8 Å². The van der Waals surface area contributed by atoms with E-state index in [1.165, 1.54) is 56.4 Å². The summed E-state index contributed by atoms with van der Waals surface area (Å²) in [5.74, 6) is -9.06. The fraction of sp³-hybridized carbons (Fsp3) is 0.268. The van der Waals surface area contributed by atoms with Gasteiger partial charge in [-0.2, -0.15) is 5.01 Å². The Bertz CT molecular complexity index is 2500. The number of allylic oxidation sites excluding steroid dienone is 2. The highest BCUT2D eigenvalue weighted by Gasteiger charge is 2.70. The van der Waals surface area contributed by atoms with Crippen molar-refractivity contribution >= 4 is 63.7 Å². The summed E-state index contributed by atoms with van der Waals surface area (Å²) in [4.78, 5) is 84.1. The van der Waals surface area contributed by atoms with Crippen molar-refractivity contribution < 1.29 is 43.3 Å². The molecule has 1 saturated carbocycles. The molecule has 4 amide bonds. The van der Waals surface area contributed by atoms with Gasteiger partial charge in [-0.1, -0.05) is 35.4 Å². The van der Waals surface area contributed by atoms with E-state index >= 15 is 4.79 Å². The number of hydrogen-bond acceptors (Lipinski definition) is 12. The number of rotatable bonds is 9. The smallest absolute Gasteiger partial charge is 0.301 e. The Hall–Kier alpha value is -6.88. The number of fused-ring (bicyclic) bond motifs is 4. The second-order valence-corrected chi connectivity index (χ2v) is 15.5. The predicted molar refractivity (Wildman–Crippen MR) is 210 cm³/mol. The number of carbonyl (C=O) groups is 4. The number of carbonyl (C=O) groups excluding carboxylic acids is 4. The third-order valence-electron chi connectivity index (χ3n) is 12.0. The van der Waals surface area contributed by atoms with Gasteiger partial charge in [0.05, 0.1) is 51.5 Å². The number of nitro groups is 2. The molecule has 0 spiro atoms. The van der Waals surface area contributed by atoms with Crippen molar-refractivity contribution in [3.05, 3.63) is 133 Å². The van der Waals surface area contributed by atoms with Crippen molar-refractivity contribution in [3.8, 4) is 11.5 Å². The average Bonchev–Trinajstić information content (AvgIpc) is 3.59. The fourth-order valence-corrected chi connectivity index (χ4v) is 9.73. The number of phenolic OH excluding ortho intramolecular Hbond substituents is 1. The SMILES string of the molecule is COc1ccc(O)c(C2C3=CCC4C(=O)N(c5cc([N+](=O)[O-])c(N(C)C)c([N+](=O)[O-])c5)C(=O)C4C3CC3C(=O)N(Nc4ccc(F)cc4)C(=O)C32c2ccc(Cl)cc2)c1. The van der Waals surface area contributed by atoms with Crippen LogP contribution in [0.5, 0.6) is 11.5 Å². The number of methoxy groups -OCH3 is 1. The molecule has 6 unspecified atom stereocenters.